The molecule has 0 spiro atoms. The van der Waals surface area contributed by atoms with Crippen LogP contribution in [0.1, 0.15) is 79.9 Å². The normalized spacial score (nSPS) is 21.3. The van der Waals surface area contributed by atoms with Gasteiger partial charge in [-0.1, -0.05) is 54.8 Å². The van der Waals surface area contributed by atoms with E-state index in [1.807, 2.05) is 10.9 Å². The molecule has 1 saturated heterocycles. The van der Waals surface area contributed by atoms with Crippen LogP contribution in [0.2, 0.25) is 0 Å². The van der Waals surface area contributed by atoms with Crippen molar-refractivity contribution in [2.45, 2.75) is 76.3 Å². The van der Waals surface area contributed by atoms with Crippen LogP contribution >= 0.6 is 0 Å². The van der Waals surface area contributed by atoms with Gasteiger partial charge < -0.3 is 4.90 Å². The summed E-state index contributed by atoms with van der Waals surface area (Å²) in [5.74, 6) is 0.0646. The molecule has 2 fully saturated rings. The molecule has 5 nitrogen and oxygen atoms in total. The van der Waals surface area contributed by atoms with Gasteiger partial charge in [0.25, 0.3) is 5.91 Å². The zero-order valence-corrected chi connectivity index (χ0v) is 16.1. The summed E-state index contributed by atoms with van der Waals surface area (Å²) in [5.41, 5.74) is 1.87. The number of rotatable bonds is 5. The molecule has 1 amide bonds. The highest BCUT2D eigenvalue weighted by molar-refractivity contribution is 5.92. The Labute approximate surface area is 161 Å². The number of nitrogens with zero attached hydrogens (tertiary/aromatic N) is 4. The molecule has 1 saturated carbocycles. The van der Waals surface area contributed by atoms with Gasteiger partial charge >= 0.3 is 0 Å². The van der Waals surface area contributed by atoms with Crippen LogP contribution in [0.4, 0.5) is 0 Å². The first-order valence-electron chi connectivity index (χ1n) is 10.6. The van der Waals surface area contributed by atoms with Crippen molar-refractivity contribution < 1.29 is 4.79 Å². The Morgan fingerprint density at radius 3 is 2.59 bits per heavy atom. The second kappa shape index (κ2) is 8.68. The van der Waals surface area contributed by atoms with Gasteiger partial charge in [-0.05, 0) is 50.5 Å². The van der Waals surface area contributed by atoms with Crippen molar-refractivity contribution in [3.63, 3.8) is 0 Å². The Bertz CT molecular complexity index is 736. The molecule has 27 heavy (non-hydrogen) atoms. The fourth-order valence-corrected chi connectivity index (χ4v) is 4.59. The molecule has 0 bridgehead atoms. The van der Waals surface area contributed by atoms with Gasteiger partial charge in [0, 0.05) is 12.6 Å². The lowest BCUT2D eigenvalue weighted by Crippen LogP contribution is -2.44. The maximum Gasteiger partial charge on any atom is 0.276 e. The van der Waals surface area contributed by atoms with Gasteiger partial charge in [-0.3, -0.25) is 4.79 Å². The Balaban J connectivity index is 1.41. The van der Waals surface area contributed by atoms with Crippen molar-refractivity contribution in [2.75, 3.05) is 6.54 Å². The first kappa shape index (κ1) is 18.2. The average molecular weight is 367 g/mol. The number of hydrogen-bond acceptors (Lipinski definition) is 3. The van der Waals surface area contributed by atoms with E-state index in [1.165, 1.54) is 31.2 Å². The number of piperidine rings is 1. The molecule has 1 aliphatic carbocycles. The van der Waals surface area contributed by atoms with Crippen LogP contribution in [0.3, 0.4) is 0 Å². The lowest BCUT2D eigenvalue weighted by atomic mass is 9.95. The van der Waals surface area contributed by atoms with Gasteiger partial charge in [0.15, 0.2) is 5.69 Å². The van der Waals surface area contributed by atoms with E-state index in [2.05, 4.69) is 45.5 Å². The predicted octanol–water partition coefficient (Wildman–Crippen LogP) is 4.41. The van der Waals surface area contributed by atoms with E-state index in [0.29, 0.717) is 17.8 Å². The first-order valence-corrected chi connectivity index (χ1v) is 10.6. The lowest BCUT2D eigenvalue weighted by molar-refractivity contribution is 0.0595. The molecule has 0 N–H and O–H groups in total. The molecule has 2 aliphatic rings. The molecule has 1 atom stereocenters. The smallest absolute Gasteiger partial charge is 0.276 e. The van der Waals surface area contributed by atoms with E-state index in [9.17, 15) is 4.79 Å². The van der Waals surface area contributed by atoms with Crippen LogP contribution in [0.25, 0.3) is 0 Å². The van der Waals surface area contributed by atoms with Crippen molar-refractivity contribution >= 4 is 5.91 Å². The minimum Gasteiger partial charge on any atom is -0.334 e. The SMILES string of the molecule is O=C(c1cn(C2CCCCC2)nn1)N1CCCCC1CCc1ccccc1. The lowest BCUT2D eigenvalue weighted by Gasteiger charge is -2.35. The minimum atomic E-state index is 0.0646. The van der Waals surface area contributed by atoms with E-state index >= 15 is 0 Å². The van der Waals surface area contributed by atoms with Gasteiger partial charge in [0.05, 0.1) is 12.2 Å². The van der Waals surface area contributed by atoms with Crippen molar-refractivity contribution in [2.24, 2.45) is 0 Å². The number of likely N-dealkylation sites (tertiary alicyclic amines) is 1. The highest BCUT2D eigenvalue weighted by atomic mass is 16.2. The number of hydrogen-bond donors (Lipinski definition) is 0. The third kappa shape index (κ3) is 4.40. The second-order valence-corrected chi connectivity index (χ2v) is 8.05. The zero-order chi connectivity index (χ0) is 18.5. The van der Waals surface area contributed by atoms with E-state index in [0.717, 1.165) is 45.1 Å². The van der Waals surface area contributed by atoms with E-state index in [-0.39, 0.29) is 5.91 Å². The van der Waals surface area contributed by atoms with Crippen LogP contribution in [-0.4, -0.2) is 38.4 Å². The van der Waals surface area contributed by atoms with Crippen LogP contribution in [-0.2, 0) is 6.42 Å². The van der Waals surface area contributed by atoms with Crippen LogP contribution in [0.5, 0.6) is 0 Å². The van der Waals surface area contributed by atoms with Crippen LogP contribution < -0.4 is 0 Å². The summed E-state index contributed by atoms with van der Waals surface area (Å²) in [6.07, 6.45) is 13.4. The molecular weight excluding hydrogens is 336 g/mol. The standard InChI is InChI=1S/C22H30N4O/c27-22(21-17-26(24-23-21)20-12-5-2-6-13-20)25-16-8-7-11-19(25)15-14-18-9-3-1-4-10-18/h1,3-4,9-10,17,19-20H,2,5-8,11-16H2. The number of carbonyl (C=O) groups is 1. The monoisotopic (exact) mass is 366 g/mol. The third-order valence-electron chi connectivity index (χ3n) is 6.18. The fraction of sp³-hybridized carbons (Fsp3) is 0.591. The Morgan fingerprint density at radius 1 is 1.00 bits per heavy atom. The molecule has 0 radical (unpaired) electrons. The van der Waals surface area contributed by atoms with Crippen LogP contribution in [0.15, 0.2) is 36.5 Å². The highest BCUT2D eigenvalue weighted by Crippen LogP contribution is 2.28. The molecule has 5 heteroatoms. The minimum absolute atomic E-state index is 0.0646. The molecule has 144 valence electrons. The molecule has 2 aromatic rings. The van der Waals surface area contributed by atoms with Gasteiger partial charge in [-0.25, -0.2) is 4.68 Å². The maximum atomic E-state index is 13.1. The van der Waals surface area contributed by atoms with Crippen molar-refractivity contribution in [3.05, 3.63) is 47.8 Å². The van der Waals surface area contributed by atoms with Gasteiger partial charge in [0.1, 0.15) is 0 Å². The Morgan fingerprint density at radius 2 is 1.78 bits per heavy atom. The quantitative estimate of drug-likeness (QED) is 0.787. The zero-order valence-electron chi connectivity index (χ0n) is 16.1. The largest absolute Gasteiger partial charge is 0.334 e. The number of aromatic nitrogens is 3. The second-order valence-electron chi connectivity index (χ2n) is 8.05. The highest BCUT2D eigenvalue weighted by Gasteiger charge is 2.29. The van der Waals surface area contributed by atoms with E-state index in [4.69, 9.17) is 0 Å². The summed E-state index contributed by atoms with van der Waals surface area (Å²) in [7, 11) is 0. The van der Waals surface area contributed by atoms with Crippen molar-refractivity contribution in [1.82, 2.24) is 19.9 Å². The summed E-state index contributed by atoms with van der Waals surface area (Å²) in [4.78, 5) is 15.2. The number of carbonyl (C=O) groups excluding carboxylic acids is 1. The number of amides is 1. The molecule has 2 heterocycles. The van der Waals surface area contributed by atoms with Gasteiger partial charge in [0.2, 0.25) is 0 Å². The number of benzene rings is 1. The molecule has 4 rings (SSSR count). The summed E-state index contributed by atoms with van der Waals surface area (Å²) in [6, 6.07) is 11.3. The predicted molar refractivity (Wildman–Crippen MR) is 106 cm³/mol. The number of aryl methyl sites for hydroxylation is 1. The third-order valence-corrected chi connectivity index (χ3v) is 6.18. The molecule has 1 unspecified atom stereocenters. The van der Waals surface area contributed by atoms with E-state index in [1.54, 1.807) is 0 Å². The van der Waals surface area contributed by atoms with Gasteiger partial charge in [-0.15, -0.1) is 5.10 Å². The van der Waals surface area contributed by atoms with Gasteiger partial charge in [-0.2, -0.15) is 0 Å². The summed E-state index contributed by atoms with van der Waals surface area (Å²) >= 11 is 0. The van der Waals surface area contributed by atoms with Crippen LogP contribution in [0, 0.1) is 0 Å². The summed E-state index contributed by atoms with van der Waals surface area (Å²) in [6.45, 7) is 0.842. The summed E-state index contributed by atoms with van der Waals surface area (Å²) < 4.78 is 1.94. The van der Waals surface area contributed by atoms with Crippen molar-refractivity contribution in [1.29, 1.82) is 0 Å². The topological polar surface area (TPSA) is 51.0 Å². The van der Waals surface area contributed by atoms with Crippen molar-refractivity contribution in [3.8, 4) is 0 Å². The Hall–Kier alpha value is -2.17. The fourth-order valence-electron chi connectivity index (χ4n) is 4.59. The summed E-state index contributed by atoms with van der Waals surface area (Å²) in [5, 5.41) is 8.53. The molecular formula is C22H30N4O. The molecule has 1 aromatic heterocycles. The molecule has 1 aromatic carbocycles. The van der Waals surface area contributed by atoms with E-state index < -0.39 is 0 Å². The first-order chi connectivity index (χ1) is 13.3. The Kier molecular flexibility index (Phi) is 5.85. The maximum absolute atomic E-state index is 13.1. The average Bonchev–Trinajstić information content (AvgIpc) is 3.24. The molecule has 1 aliphatic heterocycles.